The van der Waals surface area contributed by atoms with Crippen LogP contribution in [0.2, 0.25) is 0 Å². The van der Waals surface area contributed by atoms with Crippen molar-refractivity contribution in [2.45, 2.75) is 20.3 Å². The van der Waals surface area contributed by atoms with Gasteiger partial charge < -0.3 is 14.4 Å². The summed E-state index contributed by atoms with van der Waals surface area (Å²) in [5.41, 5.74) is 3.58. The zero-order valence-electron chi connectivity index (χ0n) is 11.6. The van der Waals surface area contributed by atoms with Gasteiger partial charge in [0.25, 0.3) is 5.91 Å². The number of likely N-dealkylation sites (N-methyl/N-ethyl adjacent to an activating group) is 1. The number of nitrogens with zero attached hydrogens (tertiary/aromatic N) is 3. The molecule has 1 amide bonds. The van der Waals surface area contributed by atoms with Crippen LogP contribution in [0.5, 0.6) is 0 Å². The van der Waals surface area contributed by atoms with Crippen LogP contribution in [0.25, 0.3) is 5.65 Å². The second kappa shape index (κ2) is 5.40. The van der Waals surface area contributed by atoms with E-state index < -0.39 is 0 Å². The average Bonchev–Trinajstić information content (AvgIpc) is 2.74. The molecule has 5 heteroatoms. The van der Waals surface area contributed by atoms with Crippen molar-refractivity contribution in [3.05, 3.63) is 35.3 Å². The smallest absolute Gasteiger partial charge is 0.255 e. The van der Waals surface area contributed by atoms with Crippen molar-refractivity contribution in [2.24, 2.45) is 0 Å². The second-order valence-corrected chi connectivity index (χ2v) is 4.59. The van der Waals surface area contributed by atoms with Gasteiger partial charge in [0.05, 0.1) is 17.9 Å². The lowest BCUT2D eigenvalue weighted by Gasteiger charge is -2.15. The molecular weight excluding hydrogens is 242 g/mol. The third kappa shape index (κ3) is 2.46. The molecule has 2 aromatic heterocycles. The van der Waals surface area contributed by atoms with E-state index in [0.29, 0.717) is 12.1 Å². The van der Waals surface area contributed by atoms with E-state index in [2.05, 4.69) is 11.9 Å². The van der Waals surface area contributed by atoms with Crippen LogP contribution in [-0.4, -0.2) is 45.5 Å². The molecule has 0 radical (unpaired) electrons. The number of hydrogen-bond donors (Lipinski definition) is 1. The number of aryl methyl sites for hydroxylation is 2. The van der Waals surface area contributed by atoms with Crippen LogP contribution in [0.1, 0.15) is 28.7 Å². The zero-order valence-corrected chi connectivity index (χ0v) is 11.6. The molecule has 102 valence electrons. The number of pyridine rings is 1. The average molecular weight is 261 g/mol. The number of fused-ring (bicyclic) bond motifs is 1. The molecular formula is C14H19N3O2. The molecule has 0 saturated carbocycles. The van der Waals surface area contributed by atoms with Gasteiger partial charge in [0.2, 0.25) is 0 Å². The zero-order chi connectivity index (χ0) is 14.0. The number of hydrogen-bond acceptors (Lipinski definition) is 3. The van der Waals surface area contributed by atoms with E-state index in [1.165, 1.54) is 4.90 Å². The molecule has 0 aliphatic rings. The van der Waals surface area contributed by atoms with E-state index in [1.807, 2.05) is 23.6 Å². The Morgan fingerprint density at radius 2 is 2.21 bits per heavy atom. The molecule has 2 rings (SSSR count). The molecule has 19 heavy (non-hydrogen) atoms. The third-order valence-corrected chi connectivity index (χ3v) is 3.32. The molecule has 0 aliphatic heterocycles. The van der Waals surface area contributed by atoms with Crippen molar-refractivity contribution in [2.75, 3.05) is 20.2 Å². The number of amides is 1. The van der Waals surface area contributed by atoms with Gasteiger partial charge in [0.15, 0.2) is 0 Å². The number of aromatic nitrogens is 2. The van der Waals surface area contributed by atoms with Crippen molar-refractivity contribution in [1.29, 1.82) is 0 Å². The van der Waals surface area contributed by atoms with Crippen LogP contribution in [0.15, 0.2) is 18.3 Å². The van der Waals surface area contributed by atoms with Crippen molar-refractivity contribution in [3.8, 4) is 0 Å². The Morgan fingerprint density at radius 1 is 1.47 bits per heavy atom. The Labute approximate surface area is 112 Å². The number of carbonyl (C=O) groups is 1. The molecule has 2 heterocycles. The van der Waals surface area contributed by atoms with E-state index in [0.717, 1.165) is 23.5 Å². The lowest BCUT2D eigenvalue weighted by Crippen LogP contribution is -2.29. The molecule has 0 saturated heterocycles. The fourth-order valence-electron chi connectivity index (χ4n) is 2.14. The topological polar surface area (TPSA) is 57.8 Å². The maximum Gasteiger partial charge on any atom is 0.255 e. The van der Waals surface area contributed by atoms with Gasteiger partial charge in [-0.25, -0.2) is 4.98 Å². The number of rotatable bonds is 4. The van der Waals surface area contributed by atoms with E-state index in [-0.39, 0.29) is 12.5 Å². The van der Waals surface area contributed by atoms with E-state index >= 15 is 0 Å². The van der Waals surface area contributed by atoms with Crippen LogP contribution < -0.4 is 0 Å². The first-order valence-corrected chi connectivity index (χ1v) is 6.42. The summed E-state index contributed by atoms with van der Waals surface area (Å²) < 4.78 is 1.94. The van der Waals surface area contributed by atoms with Crippen LogP contribution in [0.3, 0.4) is 0 Å². The van der Waals surface area contributed by atoms with Gasteiger partial charge >= 0.3 is 0 Å². The Balaban J connectivity index is 2.41. The predicted molar refractivity (Wildman–Crippen MR) is 73.4 cm³/mol. The highest BCUT2D eigenvalue weighted by atomic mass is 16.3. The molecule has 0 atom stereocenters. The third-order valence-electron chi connectivity index (χ3n) is 3.32. The van der Waals surface area contributed by atoms with Crippen LogP contribution in [0.4, 0.5) is 0 Å². The van der Waals surface area contributed by atoms with Gasteiger partial charge in [-0.1, -0.05) is 6.92 Å². The number of aliphatic hydroxyl groups is 1. The lowest BCUT2D eigenvalue weighted by atomic mass is 10.2. The molecule has 0 fully saturated rings. The quantitative estimate of drug-likeness (QED) is 0.901. The molecule has 0 aromatic carbocycles. The second-order valence-electron chi connectivity index (χ2n) is 4.59. The highest BCUT2D eigenvalue weighted by molar-refractivity contribution is 5.94. The fourth-order valence-corrected chi connectivity index (χ4v) is 2.14. The lowest BCUT2D eigenvalue weighted by molar-refractivity contribution is 0.0766. The Bertz CT molecular complexity index is 604. The Hall–Kier alpha value is -1.88. The van der Waals surface area contributed by atoms with Gasteiger partial charge in [-0.05, 0) is 25.5 Å². The van der Waals surface area contributed by atoms with Crippen LogP contribution in [0, 0.1) is 6.92 Å². The number of aliphatic hydroxyl groups excluding tert-OH is 1. The SMILES string of the molecule is CCc1nc2ccc(C(=O)N(C)CCO)cn2c1C. The molecule has 5 nitrogen and oxygen atoms in total. The predicted octanol–water partition coefficient (Wildman–Crippen LogP) is 1.27. The fraction of sp³-hybridized carbons (Fsp3) is 0.429. The molecule has 2 aromatic rings. The standard InChI is InChI=1S/C14H19N3O2/c1-4-12-10(2)17-9-11(5-6-13(17)15-12)14(19)16(3)7-8-18/h5-6,9,18H,4,7-8H2,1-3H3. The molecule has 0 bridgehead atoms. The summed E-state index contributed by atoms with van der Waals surface area (Å²) in [6, 6.07) is 3.63. The van der Waals surface area contributed by atoms with Crippen molar-refractivity contribution < 1.29 is 9.90 Å². The maximum atomic E-state index is 12.1. The Morgan fingerprint density at radius 3 is 2.84 bits per heavy atom. The minimum Gasteiger partial charge on any atom is -0.395 e. The first kappa shape index (κ1) is 13.5. The van der Waals surface area contributed by atoms with Gasteiger partial charge in [0.1, 0.15) is 5.65 Å². The first-order chi connectivity index (χ1) is 9.08. The summed E-state index contributed by atoms with van der Waals surface area (Å²) in [6.07, 6.45) is 2.69. The summed E-state index contributed by atoms with van der Waals surface area (Å²) in [5.74, 6) is -0.0953. The minimum atomic E-state index is -0.0953. The normalized spacial score (nSPS) is 10.9. The van der Waals surface area contributed by atoms with Crippen molar-refractivity contribution >= 4 is 11.6 Å². The van der Waals surface area contributed by atoms with Crippen molar-refractivity contribution in [1.82, 2.24) is 14.3 Å². The summed E-state index contributed by atoms with van der Waals surface area (Å²) in [7, 11) is 1.68. The summed E-state index contributed by atoms with van der Waals surface area (Å²) in [4.78, 5) is 18.2. The van der Waals surface area contributed by atoms with E-state index in [9.17, 15) is 4.79 Å². The van der Waals surface area contributed by atoms with E-state index in [1.54, 1.807) is 13.1 Å². The molecule has 1 N–H and O–H groups in total. The van der Waals surface area contributed by atoms with E-state index in [4.69, 9.17) is 5.11 Å². The van der Waals surface area contributed by atoms with Crippen LogP contribution >= 0.6 is 0 Å². The summed E-state index contributed by atoms with van der Waals surface area (Å²) >= 11 is 0. The largest absolute Gasteiger partial charge is 0.395 e. The summed E-state index contributed by atoms with van der Waals surface area (Å²) in [6.45, 7) is 4.37. The minimum absolute atomic E-state index is 0.0332. The van der Waals surface area contributed by atoms with Crippen LogP contribution in [-0.2, 0) is 6.42 Å². The molecule has 0 unspecified atom stereocenters. The van der Waals surface area contributed by atoms with Gasteiger partial charge in [0, 0.05) is 25.5 Å². The molecule has 0 aliphatic carbocycles. The first-order valence-electron chi connectivity index (χ1n) is 6.42. The monoisotopic (exact) mass is 261 g/mol. The van der Waals surface area contributed by atoms with Crippen molar-refractivity contribution in [3.63, 3.8) is 0 Å². The maximum absolute atomic E-state index is 12.1. The Kier molecular flexibility index (Phi) is 3.85. The highest BCUT2D eigenvalue weighted by Crippen LogP contribution is 2.14. The van der Waals surface area contributed by atoms with Gasteiger partial charge in [-0.3, -0.25) is 4.79 Å². The number of imidazole rings is 1. The highest BCUT2D eigenvalue weighted by Gasteiger charge is 2.13. The summed E-state index contributed by atoms with van der Waals surface area (Å²) in [5, 5.41) is 8.87. The molecule has 0 spiro atoms. The number of carbonyl (C=O) groups excluding carboxylic acids is 1. The van der Waals surface area contributed by atoms with Gasteiger partial charge in [-0.2, -0.15) is 0 Å². The van der Waals surface area contributed by atoms with Gasteiger partial charge in [-0.15, -0.1) is 0 Å².